The van der Waals surface area contributed by atoms with Gasteiger partial charge in [-0.15, -0.1) is 0 Å². The van der Waals surface area contributed by atoms with Gasteiger partial charge in [-0.1, -0.05) is 26.0 Å². The number of methoxy groups -OCH3 is 2. The molecule has 2 amide bonds. The standard InChI is InChI=1S/C28H40F3N3O5/c1-18(2)20(13-19-9-10-25(38-4)26(14-19)39-12-6-11-37-3)15-23(32)24(35)17-33-27(36)34-22-8-5-7-21(16-22)28(29,30)31/h5,7-10,14,16,18,20,23-24,35H,6,11-13,15,17,32H2,1-4H3,(H2,33,34,36)/t20-,23-,24-/m0/s1. The third kappa shape index (κ3) is 10.9. The summed E-state index contributed by atoms with van der Waals surface area (Å²) in [5.74, 6) is 1.67. The van der Waals surface area contributed by atoms with Crippen molar-refractivity contribution in [1.82, 2.24) is 5.32 Å². The van der Waals surface area contributed by atoms with Crippen LogP contribution in [0.2, 0.25) is 0 Å². The van der Waals surface area contributed by atoms with E-state index in [1.807, 2.05) is 18.2 Å². The number of carbonyl (C=O) groups is 1. The van der Waals surface area contributed by atoms with E-state index >= 15 is 0 Å². The van der Waals surface area contributed by atoms with Crippen LogP contribution >= 0.6 is 0 Å². The SMILES string of the molecule is COCCCOc1cc(C[C@@H](C[C@H](N)[C@@H](O)CNC(=O)Nc2cccc(C(F)(F)F)c2)C(C)C)ccc1OC. The molecule has 0 unspecified atom stereocenters. The second kappa shape index (κ2) is 15.5. The van der Waals surface area contributed by atoms with Crippen LogP contribution in [0.3, 0.4) is 0 Å². The number of ether oxygens (including phenoxy) is 3. The van der Waals surface area contributed by atoms with Gasteiger partial charge in [0, 0.05) is 38.4 Å². The normalized spacial score (nSPS) is 14.0. The van der Waals surface area contributed by atoms with Gasteiger partial charge in [-0.25, -0.2) is 4.79 Å². The van der Waals surface area contributed by atoms with E-state index in [4.69, 9.17) is 19.9 Å². The van der Waals surface area contributed by atoms with Gasteiger partial charge in [-0.05, 0) is 60.6 Å². The fourth-order valence-corrected chi connectivity index (χ4v) is 4.04. The minimum absolute atomic E-state index is 0.0116. The van der Waals surface area contributed by atoms with E-state index in [0.29, 0.717) is 37.6 Å². The number of nitrogens with two attached hydrogens (primary N) is 1. The molecule has 0 aromatic heterocycles. The van der Waals surface area contributed by atoms with Gasteiger partial charge >= 0.3 is 12.2 Å². The monoisotopic (exact) mass is 555 g/mol. The molecule has 8 nitrogen and oxygen atoms in total. The number of hydrogen-bond donors (Lipinski definition) is 4. The van der Waals surface area contributed by atoms with Gasteiger partial charge in [0.05, 0.1) is 25.4 Å². The van der Waals surface area contributed by atoms with Crippen molar-refractivity contribution in [2.75, 3.05) is 39.3 Å². The van der Waals surface area contributed by atoms with Crippen LogP contribution in [0.25, 0.3) is 0 Å². The molecule has 0 aliphatic heterocycles. The summed E-state index contributed by atoms with van der Waals surface area (Å²) in [5, 5.41) is 15.4. The summed E-state index contributed by atoms with van der Waals surface area (Å²) in [5.41, 5.74) is 6.44. The molecule has 0 heterocycles. The Kier molecular flexibility index (Phi) is 12.8. The van der Waals surface area contributed by atoms with Gasteiger partial charge in [-0.2, -0.15) is 13.2 Å². The molecule has 39 heavy (non-hydrogen) atoms. The van der Waals surface area contributed by atoms with Crippen molar-refractivity contribution in [3.05, 3.63) is 53.6 Å². The molecule has 218 valence electrons. The molecule has 5 N–H and O–H groups in total. The van der Waals surface area contributed by atoms with Crippen molar-refractivity contribution in [3.8, 4) is 11.5 Å². The number of amides is 2. The maximum absolute atomic E-state index is 12.9. The van der Waals surface area contributed by atoms with Crippen LogP contribution in [0.15, 0.2) is 42.5 Å². The first-order valence-corrected chi connectivity index (χ1v) is 12.9. The summed E-state index contributed by atoms with van der Waals surface area (Å²) in [6.07, 6.45) is -3.63. The fraction of sp³-hybridized carbons (Fsp3) is 0.536. The van der Waals surface area contributed by atoms with E-state index in [9.17, 15) is 23.1 Å². The number of carbonyl (C=O) groups excluding carboxylic acids is 1. The largest absolute Gasteiger partial charge is 0.493 e. The van der Waals surface area contributed by atoms with Crippen molar-refractivity contribution in [3.63, 3.8) is 0 Å². The van der Waals surface area contributed by atoms with Gasteiger partial charge < -0.3 is 35.7 Å². The Morgan fingerprint density at radius 3 is 2.46 bits per heavy atom. The molecule has 11 heteroatoms. The zero-order chi connectivity index (χ0) is 29.0. The molecule has 0 saturated heterocycles. The molecular weight excluding hydrogens is 515 g/mol. The van der Waals surface area contributed by atoms with Crippen LogP contribution in [0, 0.1) is 11.8 Å². The highest BCUT2D eigenvalue weighted by Gasteiger charge is 2.30. The Balaban J connectivity index is 1.93. The Morgan fingerprint density at radius 2 is 1.82 bits per heavy atom. The third-order valence-electron chi connectivity index (χ3n) is 6.41. The number of nitrogens with one attached hydrogen (secondary N) is 2. The maximum atomic E-state index is 12.9. The summed E-state index contributed by atoms with van der Waals surface area (Å²) < 4.78 is 55.0. The number of hydrogen-bond acceptors (Lipinski definition) is 6. The van der Waals surface area contributed by atoms with Gasteiger partial charge in [0.2, 0.25) is 0 Å². The zero-order valence-corrected chi connectivity index (χ0v) is 22.9. The fourth-order valence-electron chi connectivity index (χ4n) is 4.04. The number of rotatable bonds is 15. The Morgan fingerprint density at radius 1 is 1.08 bits per heavy atom. The summed E-state index contributed by atoms with van der Waals surface area (Å²) in [4.78, 5) is 12.2. The smallest absolute Gasteiger partial charge is 0.416 e. The van der Waals surface area contributed by atoms with Crippen LogP contribution in [0.1, 0.15) is 37.8 Å². The van der Waals surface area contributed by atoms with Crippen molar-refractivity contribution in [2.24, 2.45) is 17.6 Å². The van der Waals surface area contributed by atoms with E-state index in [2.05, 4.69) is 24.5 Å². The van der Waals surface area contributed by atoms with Crippen LogP contribution in [0.4, 0.5) is 23.7 Å². The maximum Gasteiger partial charge on any atom is 0.416 e. The molecule has 0 spiro atoms. The number of alkyl halides is 3. The van der Waals surface area contributed by atoms with Gasteiger partial charge in [0.1, 0.15) is 0 Å². The summed E-state index contributed by atoms with van der Waals surface area (Å²) in [6.45, 7) is 5.09. The van der Waals surface area contributed by atoms with E-state index in [1.54, 1.807) is 14.2 Å². The first kappa shape index (κ1) is 32.2. The average molecular weight is 556 g/mol. The number of aliphatic hydroxyl groups excluding tert-OH is 1. The molecular formula is C28H40F3N3O5. The number of benzene rings is 2. The van der Waals surface area contributed by atoms with E-state index < -0.39 is 29.9 Å². The first-order valence-electron chi connectivity index (χ1n) is 12.9. The van der Waals surface area contributed by atoms with Crippen LogP contribution in [-0.4, -0.2) is 57.3 Å². The number of urea groups is 1. The molecule has 3 atom stereocenters. The summed E-state index contributed by atoms with van der Waals surface area (Å²) in [6, 6.07) is 8.71. The molecule has 0 fully saturated rings. The Labute approximate surface area is 228 Å². The second-order valence-corrected chi connectivity index (χ2v) is 9.77. The first-order chi connectivity index (χ1) is 18.4. The molecule has 0 aliphatic rings. The predicted molar refractivity (Wildman–Crippen MR) is 144 cm³/mol. The van der Waals surface area contributed by atoms with Gasteiger partial charge in [0.25, 0.3) is 0 Å². The molecule has 0 bridgehead atoms. The number of anilines is 1. The molecule has 2 aromatic rings. The van der Waals surface area contributed by atoms with Crippen molar-refractivity contribution in [2.45, 2.75) is 51.4 Å². The molecule has 0 saturated carbocycles. The molecule has 0 aliphatic carbocycles. The number of halogens is 3. The van der Waals surface area contributed by atoms with Crippen molar-refractivity contribution >= 4 is 11.7 Å². The second-order valence-electron chi connectivity index (χ2n) is 9.77. The summed E-state index contributed by atoms with van der Waals surface area (Å²) >= 11 is 0. The molecule has 0 radical (unpaired) electrons. The van der Waals surface area contributed by atoms with Gasteiger partial charge in [-0.3, -0.25) is 0 Å². The van der Waals surface area contributed by atoms with E-state index in [0.717, 1.165) is 24.1 Å². The van der Waals surface area contributed by atoms with Crippen molar-refractivity contribution < 1.29 is 37.3 Å². The van der Waals surface area contributed by atoms with Crippen molar-refractivity contribution in [1.29, 1.82) is 0 Å². The zero-order valence-electron chi connectivity index (χ0n) is 22.9. The van der Waals surface area contributed by atoms with Gasteiger partial charge in [0.15, 0.2) is 11.5 Å². The van der Waals surface area contributed by atoms with Crippen LogP contribution in [0.5, 0.6) is 11.5 Å². The third-order valence-corrected chi connectivity index (χ3v) is 6.41. The number of aliphatic hydroxyl groups is 1. The Bertz CT molecular complexity index is 1040. The predicted octanol–water partition coefficient (Wildman–Crippen LogP) is 4.84. The minimum Gasteiger partial charge on any atom is -0.493 e. The van der Waals surface area contributed by atoms with E-state index in [-0.39, 0.29) is 24.1 Å². The quantitative estimate of drug-likeness (QED) is 0.234. The average Bonchev–Trinajstić information content (AvgIpc) is 2.89. The lowest BCUT2D eigenvalue weighted by atomic mass is 9.83. The highest BCUT2D eigenvalue weighted by molar-refractivity contribution is 5.89. The highest BCUT2D eigenvalue weighted by Crippen LogP contribution is 2.32. The highest BCUT2D eigenvalue weighted by atomic mass is 19.4. The van der Waals surface area contributed by atoms with Crippen LogP contribution < -0.4 is 25.8 Å². The topological polar surface area (TPSA) is 115 Å². The lowest BCUT2D eigenvalue weighted by Crippen LogP contribution is -2.45. The lowest BCUT2D eigenvalue weighted by molar-refractivity contribution is -0.137. The summed E-state index contributed by atoms with van der Waals surface area (Å²) in [7, 11) is 3.22. The Hall–Kier alpha value is -3.02. The van der Waals surface area contributed by atoms with Crippen LogP contribution in [-0.2, 0) is 17.3 Å². The molecule has 2 rings (SSSR count). The minimum atomic E-state index is -4.52. The molecule has 2 aromatic carbocycles. The van der Waals surface area contributed by atoms with E-state index in [1.165, 1.54) is 12.1 Å². The lowest BCUT2D eigenvalue weighted by Gasteiger charge is -2.27.